The molecule has 2 aromatic heterocycles. The average Bonchev–Trinajstić information content (AvgIpc) is 3.17. The highest BCUT2D eigenvalue weighted by Crippen LogP contribution is 2.21. The van der Waals surface area contributed by atoms with E-state index in [1.165, 1.54) is 0 Å². The Labute approximate surface area is 133 Å². The molecule has 2 heterocycles. The fraction of sp³-hybridized carbons (Fsp3) is 0.267. The van der Waals surface area contributed by atoms with Crippen molar-refractivity contribution >= 4 is 9.84 Å². The molecule has 1 aromatic carbocycles. The molecule has 0 aliphatic carbocycles. The Balaban J connectivity index is 1.70. The van der Waals surface area contributed by atoms with Gasteiger partial charge in [0, 0.05) is 18.0 Å². The van der Waals surface area contributed by atoms with Crippen molar-refractivity contribution in [2.45, 2.75) is 19.2 Å². The van der Waals surface area contributed by atoms with Crippen LogP contribution in [0.5, 0.6) is 0 Å². The van der Waals surface area contributed by atoms with E-state index in [1.807, 2.05) is 31.2 Å². The SMILES string of the molecule is Cc1ccccc1-c1nc(CS(=O)(=O)CCn2cccn2)no1. The summed E-state index contributed by atoms with van der Waals surface area (Å²) in [6.07, 6.45) is 3.33. The summed E-state index contributed by atoms with van der Waals surface area (Å²) >= 11 is 0. The summed E-state index contributed by atoms with van der Waals surface area (Å²) in [6, 6.07) is 9.32. The minimum atomic E-state index is -3.34. The zero-order chi connectivity index (χ0) is 16.3. The van der Waals surface area contributed by atoms with Crippen LogP contribution in [0.15, 0.2) is 47.2 Å². The average molecular weight is 332 g/mol. The van der Waals surface area contributed by atoms with Crippen LogP contribution in [-0.4, -0.2) is 34.1 Å². The van der Waals surface area contributed by atoms with Gasteiger partial charge in [-0.25, -0.2) is 8.42 Å². The molecule has 0 unspecified atom stereocenters. The molecule has 0 aliphatic rings. The van der Waals surface area contributed by atoms with Crippen LogP contribution in [0.1, 0.15) is 11.4 Å². The molecule has 0 aliphatic heterocycles. The van der Waals surface area contributed by atoms with Gasteiger partial charge in [-0.15, -0.1) is 0 Å². The number of hydrogen-bond acceptors (Lipinski definition) is 6. The second kappa shape index (κ2) is 6.33. The molecule has 0 N–H and O–H groups in total. The van der Waals surface area contributed by atoms with Gasteiger partial charge in [0.15, 0.2) is 15.7 Å². The highest BCUT2D eigenvalue weighted by Gasteiger charge is 2.18. The summed E-state index contributed by atoms with van der Waals surface area (Å²) in [5.74, 6) is 0.233. The molecule has 8 heteroatoms. The van der Waals surface area contributed by atoms with E-state index >= 15 is 0 Å². The first-order chi connectivity index (χ1) is 11.0. The third-order valence-electron chi connectivity index (χ3n) is 3.38. The van der Waals surface area contributed by atoms with E-state index < -0.39 is 9.84 Å². The molecule has 0 atom stereocenters. The standard InChI is InChI=1S/C15H16N4O3S/c1-12-5-2-3-6-13(12)15-17-14(18-22-15)11-23(20,21)10-9-19-8-4-7-16-19/h2-8H,9-11H2,1H3. The second-order valence-electron chi connectivity index (χ2n) is 5.19. The molecule has 0 radical (unpaired) electrons. The molecule has 0 fully saturated rings. The highest BCUT2D eigenvalue weighted by atomic mass is 32.2. The summed E-state index contributed by atoms with van der Waals surface area (Å²) in [5, 5.41) is 7.76. The molecular formula is C15H16N4O3S. The summed E-state index contributed by atoms with van der Waals surface area (Å²) in [4.78, 5) is 4.19. The first-order valence-electron chi connectivity index (χ1n) is 7.10. The molecule has 3 rings (SSSR count). The second-order valence-corrected chi connectivity index (χ2v) is 7.38. The third-order valence-corrected chi connectivity index (χ3v) is 4.89. The molecule has 0 bridgehead atoms. The lowest BCUT2D eigenvalue weighted by molar-refractivity contribution is 0.424. The Morgan fingerprint density at radius 2 is 2.04 bits per heavy atom. The van der Waals surface area contributed by atoms with Gasteiger partial charge in [0.25, 0.3) is 5.89 Å². The van der Waals surface area contributed by atoms with Crippen molar-refractivity contribution < 1.29 is 12.9 Å². The maximum Gasteiger partial charge on any atom is 0.258 e. The van der Waals surface area contributed by atoms with E-state index in [2.05, 4.69) is 15.2 Å². The third kappa shape index (κ3) is 3.84. The minimum Gasteiger partial charge on any atom is -0.334 e. The number of sulfone groups is 1. The Morgan fingerprint density at radius 1 is 1.22 bits per heavy atom. The summed E-state index contributed by atoms with van der Waals surface area (Å²) in [7, 11) is -3.34. The van der Waals surface area contributed by atoms with E-state index in [4.69, 9.17) is 4.52 Å². The van der Waals surface area contributed by atoms with Crippen LogP contribution in [0.3, 0.4) is 0 Å². The minimum absolute atomic E-state index is 0.0249. The molecule has 3 aromatic rings. The van der Waals surface area contributed by atoms with Gasteiger partial charge in [-0.2, -0.15) is 10.1 Å². The van der Waals surface area contributed by atoms with Crippen molar-refractivity contribution in [3.05, 3.63) is 54.1 Å². The van der Waals surface area contributed by atoms with Gasteiger partial charge in [0.1, 0.15) is 5.75 Å². The Morgan fingerprint density at radius 3 is 2.78 bits per heavy atom. The van der Waals surface area contributed by atoms with Crippen molar-refractivity contribution in [1.82, 2.24) is 19.9 Å². The van der Waals surface area contributed by atoms with Gasteiger partial charge in [0.2, 0.25) is 0 Å². The summed E-state index contributed by atoms with van der Waals surface area (Å²) < 4.78 is 31.1. The van der Waals surface area contributed by atoms with Crippen molar-refractivity contribution in [2.75, 3.05) is 5.75 Å². The fourth-order valence-electron chi connectivity index (χ4n) is 2.17. The maximum atomic E-state index is 12.1. The fourth-order valence-corrected chi connectivity index (χ4v) is 3.29. The van der Waals surface area contributed by atoms with Gasteiger partial charge >= 0.3 is 0 Å². The Kier molecular flexibility index (Phi) is 4.24. The smallest absolute Gasteiger partial charge is 0.258 e. The van der Waals surface area contributed by atoms with Crippen molar-refractivity contribution in [2.24, 2.45) is 0 Å². The van der Waals surface area contributed by atoms with Crippen LogP contribution < -0.4 is 0 Å². The van der Waals surface area contributed by atoms with Crippen molar-refractivity contribution in [1.29, 1.82) is 0 Å². The van der Waals surface area contributed by atoms with E-state index in [-0.39, 0.29) is 17.3 Å². The summed E-state index contributed by atoms with van der Waals surface area (Å²) in [6.45, 7) is 2.23. The lowest BCUT2D eigenvalue weighted by atomic mass is 10.1. The first-order valence-corrected chi connectivity index (χ1v) is 8.92. The molecule has 120 valence electrons. The van der Waals surface area contributed by atoms with Gasteiger partial charge in [-0.3, -0.25) is 4.68 Å². The van der Waals surface area contributed by atoms with Crippen LogP contribution in [0.4, 0.5) is 0 Å². The lowest BCUT2D eigenvalue weighted by Crippen LogP contribution is -2.15. The Hall–Kier alpha value is -2.48. The quantitative estimate of drug-likeness (QED) is 0.684. The van der Waals surface area contributed by atoms with E-state index in [9.17, 15) is 8.42 Å². The molecule has 0 saturated carbocycles. The van der Waals surface area contributed by atoms with Crippen molar-refractivity contribution in [3.63, 3.8) is 0 Å². The predicted molar refractivity (Wildman–Crippen MR) is 84.2 cm³/mol. The Bertz CT molecular complexity index is 885. The normalized spacial score (nSPS) is 11.7. The predicted octanol–water partition coefficient (Wildman–Crippen LogP) is 1.86. The number of benzene rings is 1. The zero-order valence-corrected chi connectivity index (χ0v) is 13.4. The number of rotatable bonds is 6. The van der Waals surface area contributed by atoms with Gasteiger partial charge in [0.05, 0.1) is 12.3 Å². The monoisotopic (exact) mass is 332 g/mol. The first kappa shape index (κ1) is 15.4. The van der Waals surface area contributed by atoms with Gasteiger partial charge < -0.3 is 4.52 Å². The van der Waals surface area contributed by atoms with Gasteiger partial charge in [-0.05, 0) is 24.6 Å². The lowest BCUT2D eigenvalue weighted by Gasteiger charge is -2.02. The topological polar surface area (TPSA) is 90.9 Å². The number of aromatic nitrogens is 4. The van der Waals surface area contributed by atoms with E-state index in [0.717, 1.165) is 11.1 Å². The van der Waals surface area contributed by atoms with Crippen molar-refractivity contribution in [3.8, 4) is 11.5 Å². The van der Waals surface area contributed by atoms with Gasteiger partial charge in [-0.1, -0.05) is 23.4 Å². The van der Waals surface area contributed by atoms with Crippen LogP contribution in [0.2, 0.25) is 0 Å². The molecule has 0 spiro atoms. The number of nitrogens with zero attached hydrogens (tertiary/aromatic N) is 4. The molecule has 23 heavy (non-hydrogen) atoms. The van der Waals surface area contributed by atoms with E-state index in [1.54, 1.807) is 23.1 Å². The maximum absolute atomic E-state index is 12.1. The van der Waals surface area contributed by atoms with Crippen LogP contribution in [-0.2, 0) is 22.1 Å². The van der Waals surface area contributed by atoms with E-state index in [0.29, 0.717) is 12.4 Å². The summed E-state index contributed by atoms with van der Waals surface area (Å²) in [5.41, 5.74) is 1.80. The molecule has 0 amide bonds. The molecule has 7 nitrogen and oxygen atoms in total. The number of aryl methyl sites for hydroxylation is 2. The largest absolute Gasteiger partial charge is 0.334 e. The van der Waals surface area contributed by atoms with Crippen LogP contribution in [0.25, 0.3) is 11.5 Å². The number of hydrogen-bond donors (Lipinski definition) is 0. The molecule has 0 saturated heterocycles. The van der Waals surface area contributed by atoms with Crippen LogP contribution >= 0.6 is 0 Å². The zero-order valence-electron chi connectivity index (χ0n) is 12.6. The highest BCUT2D eigenvalue weighted by molar-refractivity contribution is 7.90. The molecular weight excluding hydrogens is 316 g/mol. The van der Waals surface area contributed by atoms with Crippen LogP contribution in [0, 0.1) is 6.92 Å².